The van der Waals surface area contributed by atoms with Crippen molar-refractivity contribution in [1.29, 1.82) is 0 Å². The second-order valence-corrected chi connectivity index (χ2v) is 6.67. The van der Waals surface area contributed by atoms with Gasteiger partial charge in [0.2, 0.25) is 5.91 Å². The highest BCUT2D eigenvalue weighted by Crippen LogP contribution is 2.22. The van der Waals surface area contributed by atoms with Crippen LogP contribution in [0.3, 0.4) is 0 Å². The predicted molar refractivity (Wildman–Crippen MR) is 94.1 cm³/mol. The third-order valence-corrected chi connectivity index (χ3v) is 4.88. The van der Waals surface area contributed by atoms with Crippen molar-refractivity contribution in [3.8, 4) is 0 Å². The average molecular weight is 313 g/mol. The Kier molecular flexibility index (Phi) is 6.08. The summed E-state index contributed by atoms with van der Waals surface area (Å²) in [4.78, 5) is 15.4. The highest BCUT2D eigenvalue weighted by atomic mass is 32.2. The van der Waals surface area contributed by atoms with Crippen LogP contribution in [-0.4, -0.2) is 23.6 Å². The summed E-state index contributed by atoms with van der Waals surface area (Å²) in [6.45, 7) is 4.15. The molecular weight excluding hydrogens is 290 g/mol. The molecule has 0 saturated carbocycles. The van der Waals surface area contributed by atoms with Crippen molar-refractivity contribution in [2.24, 2.45) is 0 Å². The molecule has 0 aromatic heterocycles. The minimum atomic E-state index is 0.109. The van der Waals surface area contributed by atoms with Crippen molar-refractivity contribution in [3.05, 3.63) is 65.7 Å². The van der Waals surface area contributed by atoms with Crippen molar-refractivity contribution in [3.63, 3.8) is 0 Å². The fraction of sp³-hybridized carbons (Fsp3) is 0.316. The molecule has 22 heavy (non-hydrogen) atoms. The van der Waals surface area contributed by atoms with Crippen LogP contribution in [0, 0.1) is 6.92 Å². The van der Waals surface area contributed by atoms with Crippen LogP contribution in [0.25, 0.3) is 0 Å². The van der Waals surface area contributed by atoms with Gasteiger partial charge >= 0.3 is 0 Å². The maximum absolute atomic E-state index is 12.3. The van der Waals surface area contributed by atoms with Crippen LogP contribution < -0.4 is 0 Å². The van der Waals surface area contributed by atoms with E-state index in [1.165, 1.54) is 16.0 Å². The molecule has 1 atom stereocenters. The molecule has 1 amide bonds. The maximum atomic E-state index is 12.3. The Morgan fingerprint density at radius 2 is 1.73 bits per heavy atom. The molecule has 0 aliphatic carbocycles. The highest BCUT2D eigenvalue weighted by molar-refractivity contribution is 7.99. The molecule has 0 spiro atoms. The molecule has 0 fully saturated rings. The van der Waals surface area contributed by atoms with E-state index in [9.17, 15) is 4.79 Å². The lowest BCUT2D eigenvalue weighted by molar-refractivity contribution is -0.131. The van der Waals surface area contributed by atoms with E-state index in [-0.39, 0.29) is 11.9 Å². The van der Waals surface area contributed by atoms with E-state index < -0.39 is 0 Å². The number of hydrogen-bond donors (Lipinski definition) is 0. The Labute approximate surface area is 137 Å². The normalized spacial score (nSPS) is 12.0. The van der Waals surface area contributed by atoms with Gasteiger partial charge in [0.25, 0.3) is 0 Å². The molecule has 116 valence electrons. The first kappa shape index (κ1) is 16.6. The summed E-state index contributed by atoms with van der Waals surface area (Å²) in [7, 11) is 1.89. The molecule has 0 N–H and O–H groups in total. The number of nitrogens with zero attached hydrogens (tertiary/aromatic N) is 1. The number of amides is 1. The predicted octanol–water partition coefficient (Wildman–Crippen LogP) is 4.70. The van der Waals surface area contributed by atoms with Crippen LogP contribution in [0.2, 0.25) is 0 Å². The molecule has 0 saturated heterocycles. The third kappa shape index (κ3) is 4.63. The maximum Gasteiger partial charge on any atom is 0.223 e. The van der Waals surface area contributed by atoms with E-state index in [0.29, 0.717) is 6.42 Å². The zero-order chi connectivity index (χ0) is 15.9. The fourth-order valence-corrected chi connectivity index (χ4v) is 3.08. The highest BCUT2D eigenvalue weighted by Gasteiger charge is 2.16. The van der Waals surface area contributed by atoms with Crippen molar-refractivity contribution in [2.75, 3.05) is 12.8 Å². The lowest BCUT2D eigenvalue weighted by Gasteiger charge is -2.25. The fourth-order valence-electron chi connectivity index (χ4n) is 2.24. The molecule has 3 heteroatoms. The number of rotatable bonds is 6. The summed E-state index contributed by atoms with van der Waals surface area (Å²) in [6, 6.07) is 18.7. The monoisotopic (exact) mass is 313 g/mol. The van der Waals surface area contributed by atoms with E-state index in [1.54, 1.807) is 11.8 Å². The Hall–Kier alpha value is -1.74. The van der Waals surface area contributed by atoms with E-state index in [0.717, 1.165) is 5.75 Å². The van der Waals surface area contributed by atoms with E-state index >= 15 is 0 Å². The van der Waals surface area contributed by atoms with Crippen molar-refractivity contribution < 1.29 is 4.79 Å². The van der Waals surface area contributed by atoms with Crippen LogP contribution in [0.4, 0.5) is 0 Å². The van der Waals surface area contributed by atoms with Gasteiger partial charge in [0.05, 0.1) is 6.04 Å². The first-order valence-corrected chi connectivity index (χ1v) is 8.56. The van der Waals surface area contributed by atoms with Gasteiger partial charge < -0.3 is 4.90 Å². The van der Waals surface area contributed by atoms with Gasteiger partial charge in [-0.1, -0.05) is 48.0 Å². The van der Waals surface area contributed by atoms with Gasteiger partial charge in [-0.2, -0.15) is 0 Å². The minimum Gasteiger partial charge on any atom is -0.339 e. The quantitative estimate of drug-likeness (QED) is 0.721. The molecule has 0 aliphatic rings. The number of aryl methyl sites for hydroxylation is 1. The summed E-state index contributed by atoms with van der Waals surface area (Å²) in [5.74, 6) is 1.00. The molecular formula is C19H23NOS. The standard InChI is InChI=1S/C19H23NOS/c1-15-9-11-18(12-10-15)22-14-13-19(21)20(3)16(2)17-7-5-4-6-8-17/h4-12,16H,13-14H2,1-3H3. The van der Waals surface area contributed by atoms with Crippen molar-refractivity contribution in [2.45, 2.75) is 31.2 Å². The molecule has 2 rings (SSSR count). The lowest BCUT2D eigenvalue weighted by atomic mass is 10.1. The molecule has 0 heterocycles. The van der Waals surface area contributed by atoms with Crippen molar-refractivity contribution >= 4 is 17.7 Å². The molecule has 0 aliphatic heterocycles. The SMILES string of the molecule is Cc1ccc(SCCC(=O)N(C)C(C)c2ccccc2)cc1. The number of benzene rings is 2. The van der Waals surface area contributed by atoms with Gasteiger partial charge in [-0.3, -0.25) is 4.79 Å². The molecule has 2 aromatic rings. The average Bonchev–Trinajstić information content (AvgIpc) is 2.56. The Balaban J connectivity index is 1.82. The first-order valence-electron chi connectivity index (χ1n) is 7.58. The van der Waals surface area contributed by atoms with Crippen LogP contribution in [0.15, 0.2) is 59.5 Å². The van der Waals surface area contributed by atoms with Crippen LogP contribution in [0.5, 0.6) is 0 Å². The Morgan fingerprint density at radius 1 is 1.09 bits per heavy atom. The summed E-state index contributed by atoms with van der Waals surface area (Å²) in [6.07, 6.45) is 0.562. The number of hydrogen-bond acceptors (Lipinski definition) is 2. The van der Waals surface area contributed by atoms with Gasteiger partial charge in [-0.25, -0.2) is 0 Å². The molecule has 2 aromatic carbocycles. The van der Waals surface area contributed by atoms with E-state index in [1.807, 2.05) is 30.1 Å². The van der Waals surface area contributed by atoms with Gasteiger partial charge in [0, 0.05) is 24.1 Å². The second kappa shape index (κ2) is 8.04. The van der Waals surface area contributed by atoms with Crippen LogP contribution in [0.1, 0.15) is 30.5 Å². The summed E-state index contributed by atoms with van der Waals surface area (Å²) < 4.78 is 0. The first-order chi connectivity index (χ1) is 10.6. The van der Waals surface area contributed by atoms with Crippen molar-refractivity contribution in [1.82, 2.24) is 4.90 Å². The Bertz CT molecular complexity index is 595. The second-order valence-electron chi connectivity index (χ2n) is 5.50. The molecule has 0 bridgehead atoms. The Morgan fingerprint density at radius 3 is 2.36 bits per heavy atom. The number of carbonyl (C=O) groups is 1. The zero-order valence-electron chi connectivity index (χ0n) is 13.5. The van der Waals surface area contributed by atoms with Gasteiger partial charge in [0.1, 0.15) is 0 Å². The van der Waals surface area contributed by atoms with Gasteiger partial charge in [0.15, 0.2) is 0 Å². The smallest absolute Gasteiger partial charge is 0.223 e. The molecule has 1 unspecified atom stereocenters. The molecule has 2 nitrogen and oxygen atoms in total. The third-order valence-electron chi connectivity index (χ3n) is 3.86. The van der Waals surface area contributed by atoms with Crippen LogP contribution in [-0.2, 0) is 4.79 Å². The van der Waals surface area contributed by atoms with Crippen LogP contribution >= 0.6 is 11.8 Å². The zero-order valence-corrected chi connectivity index (χ0v) is 14.3. The number of thioether (sulfide) groups is 1. The number of carbonyl (C=O) groups excluding carboxylic acids is 1. The largest absolute Gasteiger partial charge is 0.339 e. The lowest BCUT2D eigenvalue weighted by Crippen LogP contribution is -2.29. The van der Waals surface area contributed by atoms with E-state index in [4.69, 9.17) is 0 Å². The van der Waals surface area contributed by atoms with Gasteiger partial charge in [-0.05, 0) is 31.5 Å². The minimum absolute atomic E-state index is 0.109. The summed E-state index contributed by atoms with van der Waals surface area (Å²) in [5, 5.41) is 0. The topological polar surface area (TPSA) is 20.3 Å². The summed E-state index contributed by atoms with van der Waals surface area (Å²) >= 11 is 1.73. The van der Waals surface area contributed by atoms with Gasteiger partial charge in [-0.15, -0.1) is 11.8 Å². The summed E-state index contributed by atoms with van der Waals surface area (Å²) in [5.41, 5.74) is 2.43. The van der Waals surface area contributed by atoms with E-state index in [2.05, 4.69) is 50.2 Å². The molecule has 0 radical (unpaired) electrons.